The van der Waals surface area contributed by atoms with Gasteiger partial charge in [-0.05, 0) is 24.6 Å². The van der Waals surface area contributed by atoms with Crippen LogP contribution in [0.5, 0.6) is 0 Å². The molecule has 1 rings (SSSR count). The van der Waals surface area contributed by atoms with Crippen molar-refractivity contribution in [3.8, 4) is 0 Å². The number of amides is 1. The van der Waals surface area contributed by atoms with E-state index in [1.165, 1.54) is 13.0 Å². The van der Waals surface area contributed by atoms with E-state index in [-0.39, 0.29) is 18.1 Å². The molecule has 1 aromatic carbocycles. The van der Waals surface area contributed by atoms with Crippen LogP contribution in [0, 0.1) is 5.82 Å². The molecule has 0 aliphatic carbocycles. The highest BCUT2D eigenvalue weighted by atomic mass is 32.2. The Kier molecular flexibility index (Phi) is 6.25. The van der Waals surface area contributed by atoms with Crippen molar-refractivity contribution in [2.75, 3.05) is 11.9 Å². The normalized spacial score (nSPS) is 13.0. The zero-order valence-electron chi connectivity index (χ0n) is 12.0. The number of hydrogen-bond acceptors (Lipinski definition) is 4. The predicted octanol–water partition coefficient (Wildman–Crippen LogP) is 1.19. The summed E-state index contributed by atoms with van der Waals surface area (Å²) in [5.74, 6) is -1.30. The number of rotatable bonds is 7. The lowest BCUT2D eigenvalue weighted by molar-refractivity contribution is -0.114. The number of carbonyl (C=O) groups is 1. The second kappa shape index (κ2) is 7.48. The van der Waals surface area contributed by atoms with Crippen LogP contribution in [0.15, 0.2) is 23.1 Å². The van der Waals surface area contributed by atoms with Gasteiger partial charge in [-0.1, -0.05) is 13.3 Å². The van der Waals surface area contributed by atoms with Gasteiger partial charge in [-0.25, -0.2) is 17.5 Å². The van der Waals surface area contributed by atoms with Crippen molar-refractivity contribution in [2.24, 2.45) is 5.73 Å². The van der Waals surface area contributed by atoms with E-state index in [0.29, 0.717) is 6.42 Å². The first-order valence-corrected chi connectivity index (χ1v) is 8.08. The third kappa shape index (κ3) is 5.07. The van der Waals surface area contributed by atoms with E-state index in [2.05, 4.69) is 10.0 Å². The standard InChI is InChI=1S/C13H20FN3O3S/c1-3-4-11(8-15)17-21(19,20)13-6-5-10(7-12(13)14)16-9(2)18/h5-7,11,17H,3-4,8,15H2,1-2H3,(H,16,18). The van der Waals surface area contributed by atoms with Crippen LogP contribution in [0.25, 0.3) is 0 Å². The lowest BCUT2D eigenvalue weighted by Gasteiger charge is -2.16. The number of hydrogen-bond donors (Lipinski definition) is 3. The van der Waals surface area contributed by atoms with Gasteiger partial charge in [-0.3, -0.25) is 4.79 Å². The third-order valence-corrected chi connectivity index (χ3v) is 4.34. The summed E-state index contributed by atoms with van der Waals surface area (Å²) in [5.41, 5.74) is 5.69. The van der Waals surface area contributed by atoms with Crippen molar-refractivity contribution >= 4 is 21.6 Å². The van der Waals surface area contributed by atoms with Crippen LogP contribution in [-0.2, 0) is 14.8 Å². The molecule has 6 nitrogen and oxygen atoms in total. The Hall–Kier alpha value is -1.51. The average molecular weight is 317 g/mol. The first-order valence-electron chi connectivity index (χ1n) is 6.59. The summed E-state index contributed by atoms with van der Waals surface area (Å²) in [5, 5.41) is 2.38. The Morgan fingerprint density at radius 3 is 2.57 bits per heavy atom. The fourth-order valence-electron chi connectivity index (χ4n) is 1.86. The molecule has 0 spiro atoms. The van der Waals surface area contributed by atoms with E-state index in [1.807, 2.05) is 6.92 Å². The van der Waals surface area contributed by atoms with Gasteiger partial charge in [0.05, 0.1) is 0 Å². The number of halogens is 1. The maximum absolute atomic E-state index is 13.9. The molecule has 0 heterocycles. The molecule has 0 radical (unpaired) electrons. The number of benzene rings is 1. The van der Waals surface area contributed by atoms with Gasteiger partial charge >= 0.3 is 0 Å². The molecule has 0 aliphatic rings. The fraction of sp³-hybridized carbons (Fsp3) is 0.462. The molecule has 8 heteroatoms. The molecule has 0 bridgehead atoms. The molecule has 1 amide bonds. The van der Waals surface area contributed by atoms with Gasteiger partial charge in [0.15, 0.2) is 0 Å². The van der Waals surface area contributed by atoms with Crippen LogP contribution >= 0.6 is 0 Å². The van der Waals surface area contributed by atoms with E-state index in [0.717, 1.165) is 18.6 Å². The SMILES string of the molecule is CCCC(CN)NS(=O)(=O)c1ccc(NC(C)=O)cc1F. The van der Waals surface area contributed by atoms with Gasteiger partial charge in [0.25, 0.3) is 0 Å². The van der Waals surface area contributed by atoms with Gasteiger partial charge in [-0.2, -0.15) is 0 Å². The zero-order valence-corrected chi connectivity index (χ0v) is 12.8. The highest BCUT2D eigenvalue weighted by molar-refractivity contribution is 7.89. The van der Waals surface area contributed by atoms with Crippen molar-refractivity contribution in [3.63, 3.8) is 0 Å². The van der Waals surface area contributed by atoms with Crippen molar-refractivity contribution < 1.29 is 17.6 Å². The first kappa shape index (κ1) is 17.5. The van der Waals surface area contributed by atoms with Gasteiger partial charge < -0.3 is 11.1 Å². The topological polar surface area (TPSA) is 101 Å². The van der Waals surface area contributed by atoms with Crippen LogP contribution in [0.4, 0.5) is 10.1 Å². The molecular weight excluding hydrogens is 297 g/mol. The lowest BCUT2D eigenvalue weighted by atomic mass is 10.2. The maximum atomic E-state index is 13.9. The molecule has 0 aliphatic heterocycles. The van der Waals surface area contributed by atoms with Gasteiger partial charge in [0.1, 0.15) is 10.7 Å². The summed E-state index contributed by atoms with van der Waals surface area (Å²) >= 11 is 0. The Morgan fingerprint density at radius 2 is 2.10 bits per heavy atom. The summed E-state index contributed by atoms with van der Waals surface area (Å²) < 4.78 is 40.6. The number of carbonyl (C=O) groups excluding carboxylic acids is 1. The van der Waals surface area contributed by atoms with Crippen molar-refractivity contribution in [2.45, 2.75) is 37.6 Å². The molecule has 0 saturated heterocycles. The highest BCUT2D eigenvalue weighted by Gasteiger charge is 2.22. The van der Waals surface area contributed by atoms with E-state index in [4.69, 9.17) is 5.73 Å². The van der Waals surface area contributed by atoms with Crippen LogP contribution in [0.2, 0.25) is 0 Å². The maximum Gasteiger partial charge on any atom is 0.243 e. The molecule has 1 unspecified atom stereocenters. The quantitative estimate of drug-likeness (QED) is 0.703. The predicted molar refractivity (Wildman–Crippen MR) is 78.8 cm³/mol. The van der Waals surface area contributed by atoms with Crippen molar-refractivity contribution in [1.82, 2.24) is 4.72 Å². The second-order valence-electron chi connectivity index (χ2n) is 4.67. The molecule has 4 N–H and O–H groups in total. The number of sulfonamides is 1. The average Bonchev–Trinajstić information content (AvgIpc) is 2.36. The Morgan fingerprint density at radius 1 is 1.43 bits per heavy atom. The van der Waals surface area contributed by atoms with E-state index < -0.39 is 26.8 Å². The molecule has 0 aromatic heterocycles. The smallest absolute Gasteiger partial charge is 0.243 e. The minimum Gasteiger partial charge on any atom is -0.329 e. The molecular formula is C13H20FN3O3S. The summed E-state index contributed by atoms with van der Waals surface area (Å²) in [6, 6.07) is 2.97. The molecule has 1 atom stereocenters. The zero-order chi connectivity index (χ0) is 16.0. The van der Waals surface area contributed by atoms with E-state index >= 15 is 0 Å². The largest absolute Gasteiger partial charge is 0.329 e. The minimum atomic E-state index is -3.99. The second-order valence-corrected chi connectivity index (χ2v) is 6.35. The third-order valence-electron chi connectivity index (χ3n) is 2.79. The first-order chi connectivity index (χ1) is 9.80. The van der Waals surface area contributed by atoms with Crippen LogP contribution in [0.1, 0.15) is 26.7 Å². The monoisotopic (exact) mass is 317 g/mol. The van der Waals surface area contributed by atoms with Crippen molar-refractivity contribution in [3.05, 3.63) is 24.0 Å². The summed E-state index contributed by atoms with van der Waals surface area (Å²) in [6.45, 7) is 3.32. The number of anilines is 1. The molecule has 1 aromatic rings. The molecule has 21 heavy (non-hydrogen) atoms. The summed E-state index contributed by atoms with van der Waals surface area (Å²) in [4.78, 5) is 10.4. The lowest BCUT2D eigenvalue weighted by Crippen LogP contribution is -2.40. The Balaban J connectivity index is 3.00. The highest BCUT2D eigenvalue weighted by Crippen LogP contribution is 2.19. The van der Waals surface area contributed by atoms with Gasteiger partial charge in [0.2, 0.25) is 15.9 Å². The Bertz CT molecular complexity index is 605. The van der Waals surface area contributed by atoms with Crippen LogP contribution in [0.3, 0.4) is 0 Å². The molecule has 0 fully saturated rings. The number of nitrogens with two attached hydrogens (primary N) is 1. The minimum absolute atomic E-state index is 0.138. The molecule has 0 saturated carbocycles. The van der Waals surface area contributed by atoms with Gasteiger partial charge in [0, 0.05) is 25.2 Å². The summed E-state index contributed by atoms with van der Waals surface area (Å²) in [7, 11) is -3.99. The van der Waals surface area contributed by atoms with Gasteiger partial charge in [-0.15, -0.1) is 0 Å². The number of nitrogens with one attached hydrogen (secondary N) is 2. The molecule has 118 valence electrons. The van der Waals surface area contributed by atoms with E-state index in [1.54, 1.807) is 0 Å². The van der Waals surface area contributed by atoms with Crippen LogP contribution in [-0.4, -0.2) is 26.9 Å². The fourth-order valence-corrected chi connectivity index (χ4v) is 3.20. The Labute approximate surface area is 124 Å². The van der Waals surface area contributed by atoms with E-state index in [9.17, 15) is 17.6 Å². The van der Waals surface area contributed by atoms with Crippen LogP contribution < -0.4 is 15.8 Å². The van der Waals surface area contributed by atoms with Crippen molar-refractivity contribution in [1.29, 1.82) is 0 Å². The summed E-state index contributed by atoms with van der Waals surface area (Å²) in [6.07, 6.45) is 1.33.